The lowest BCUT2D eigenvalue weighted by Gasteiger charge is -2.14. The Hall–Kier alpha value is -3.33. The average molecular weight is 415 g/mol. The van der Waals surface area contributed by atoms with E-state index in [2.05, 4.69) is 87.2 Å². The van der Waals surface area contributed by atoms with Gasteiger partial charge in [0, 0.05) is 5.57 Å². The zero-order valence-corrected chi connectivity index (χ0v) is 18.6. The van der Waals surface area contributed by atoms with Crippen molar-refractivity contribution in [3.63, 3.8) is 0 Å². The molecule has 0 radical (unpaired) electrons. The number of carbonyl (C=O) groups is 1. The first-order valence-corrected chi connectivity index (χ1v) is 10.7. The van der Waals surface area contributed by atoms with Crippen molar-refractivity contribution in [1.29, 1.82) is 0 Å². The molecule has 3 rings (SSSR count). The van der Waals surface area contributed by atoms with Crippen molar-refractivity contribution in [3.05, 3.63) is 90.0 Å². The lowest BCUT2D eigenvalue weighted by Crippen LogP contribution is -2.13. The van der Waals surface area contributed by atoms with Crippen molar-refractivity contribution in [2.75, 3.05) is 13.2 Å². The Morgan fingerprint density at radius 2 is 1.39 bits per heavy atom. The van der Waals surface area contributed by atoms with Gasteiger partial charge in [0.2, 0.25) is 0 Å². The highest BCUT2D eigenvalue weighted by molar-refractivity contribution is 5.86. The molecule has 0 bridgehead atoms. The minimum absolute atomic E-state index is 0.201. The Balaban J connectivity index is 1.75. The smallest absolute Gasteiger partial charge is 0.333 e. The van der Waals surface area contributed by atoms with E-state index < -0.39 is 0 Å². The van der Waals surface area contributed by atoms with Gasteiger partial charge in [0.25, 0.3) is 0 Å². The van der Waals surface area contributed by atoms with Crippen molar-refractivity contribution in [2.24, 2.45) is 0 Å². The van der Waals surface area contributed by atoms with E-state index in [9.17, 15) is 4.79 Å². The summed E-state index contributed by atoms with van der Waals surface area (Å²) in [4.78, 5) is 11.5. The summed E-state index contributed by atoms with van der Waals surface area (Å²) in [6, 6.07) is 23.5. The molecule has 0 aliphatic rings. The SMILES string of the molecule is C=C(C)C(=O)OCCOc1cc(-c2ccc(-c3ccc(C)cc3)cc2)ccc1CCC. The van der Waals surface area contributed by atoms with Gasteiger partial charge in [-0.15, -0.1) is 0 Å². The Kier molecular flexibility index (Phi) is 7.66. The zero-order valence-electron chi connectivity index (χ0n) is 18.6. The van der Waals surface area contributed by atoms with Crippen LogP contribution in [0.4, 0.5) is 0 Å². The molecule has 160 valence electrons. The monoisotopic (exact) mass is 414 g/mol. The highest BCUT2D eigenvalue weighted by Crippen LogP contribution is 2.30. The maximum absolute atomic E-state index is 11.5. The number of hydrogen-bond donors (Lipinski definition) is 0. The molecule has 0 spiro atoms. The Morgan fingerprint density at radius 3 is 1.97 bits per heavy atom. The summed E-state index contributed by atoms with van der Waals surface area (Å²) in [7, 11) is 0. The molecular weight excluding hydrogens is 384 g/mol. The van der Waals surface area contributed by atoms with Crippen LogP contribution in [-0.2, 0) is 16.0 Å². The van der Waals surface area contributed by atoms with Crippen LogP contribution in [-0.4, -0.2) is 19.2 Å². The second-order valence-electron chi connectivity index (χ2n) is 7.78. The summed E-state index contributed by atoms with van der Waals surface area (Å²) in [5, 5.41) is 0. The third kappa shape index (κ3) is 6.08. The van der Waals surface area contributed by atoms with Crippen molar-refractivity contribution in [2.45, 2.75) is 33.6 Å². The average Bonchev–Trinajstić information content (AvgIpc) is 2.78. The number of benzene rings is 3. The van der Waals surface area contributed by atoms with Gasteiger partial charge < -0.3 is 9.47 Å². The zero-order chi connectivity index (χ0) is 22.2. The molecule has 3 aromatic rings. The van der Waals surface area contributed by atoms with Gasteiger partial charge in [0.15, 0.2) is 0 Å². The number of hydrogen-bond acceptors (Lipinski definition) is 3. The van der Waals surface area contributed by atoms with Crippen LogP contribution in [0.1, 0.15) is 31.4 Å². The summed E-state index contributed by atoms with van der Waals surface area (Å²) in [5.41, 5.74) is 7.46. The van der Waals surface area contributed by atoms with Gasteiger partial charge in [-0.3, -0.25) is 0 Å². The molecule has 0 fully saturated rings. The fraction of sp³-hybridized carbons (Fsp3) is 0.250. The predicted octanol–water partition coefficient (Wildman–Crippen LogP) is 6.78. The summed E-state index contributed by atoms with van der Waals surface area (Å²) in [6.45, 7) is 9.98. The van der Waals surface area contributed by atoms with Gasteiger partial charge >= 0.3 is 5.97 Å². The number of ether oxygens (including phenoxy) is 2. The lowest BCUT2D eigenvalue weighted by atomic mass is 9.98. The Bertz CT molecular complexity index is 1030. The molecular formula is C28H30O3. The molecule has 3 aromatic carbocycles. The van der Waals surface area contributed by atoms with Crippen LogP contribution in [0, 0.1) is 6.92 Å². The minimum Gasteiger partial charge on any atom is -0.490 e. The lowest BCUT2D eigenvalue weighted by molar-refractivity contribution is -0.139. The summed E-state index contributed by atoms with van der Waals surface area (Å²) >= 11 is 0. The number of esters is 1. The topological polar surface area (TPSA) is 35.5 Å². The molecule has 0 atom stereocenters. The molecule has 31 heavy (non-hydrogen) atoms. The first-order chi connectivity index (χ1) is 15.0. The first kappa shape index (κ1) is 22.4. The predicted molar refractivity (Wildman–Crippen MR) is 127 cm³/mol. The molecule has 0 aliphatic heterocycles. The molecule has 0 heterocycles. The maximum atomic E-state index is 11.5. The van der Waals surface area contributed by atoms with Crippen LogP contribution in [0.5, 0.6) is 5.75 Å². The van der Waals surface area contributed by atoms with Gasteiger partial charge in [0.05, 0.1) is 0 Å². The molecule has 0 saturated carbocycles. The van der Waals surface area contributed by atoms with Crippen LogP contribution >= 0.6 is 0 Å². The highest BCUT2D eigenvalue weighted by atomic mass is 16.6. The third-order valence-electron chi connectivity index (χ3n) is 5.11. The quantitative estimate of drug-likeness (QED) is 0.220. The molecule has 0 aromatic heterocycles. The maximum Gasteiger partial charge on any atom is 0.333 e. The van der Waals surface area contributed by atoms with Crippen molar-refractivity contribution in [1.82, 2.24) is 0 Å². The van der Waals surface area contributed by atoms with E-state index in [1.807, 2.05) is 0 Å². The molecule has 0 N–H and O–H groups in total. The van der Waals surface area contributed by atoms with E-state index in [1.165, 1.54) is 16.7 Å². The van der Waals surface area contributed by atoms with E-state index >= 15 is 0 Å². The van der Waals surface area contributed by atoms with E-state index in [0.717, 1.165) is 35.3 Å². The molecule has 3 heteroatoms. The minimum atomic E-state index is -0.389. The van der Waals surface area contributed by atoms with Gasteiger partial charge in [-0.1, -0.05) is 86.2 Å². The second-order valence-corrected chi connectivity index (χ2v) is 7.78. The van der Waals surface area contributed by atoms with Gasteiger partial charge in [-0.25, -0.2) is 4.79 Å². The van der Waals surface area contributed by atoms with Crippen LogP contribution in [0.15, 0.2) is 78.9 Å². The van der Waals surface area contributed by atoms with E-state index in [1.54, 1.807) is 6.92 Å². The molecule has 0 saturated heterocycles. The fourth-order valence-electron chi connectivity index (χ4n) is 3.35. The van der Waals surface area contributed by atoms with Crippen LogP contribution in [0.2, 0.25) is 0 Å². The van der Waals surface area contributed by atoms with Gasteiger partial charge in [0.1, 0.15) is 19.0 Å². The summed E-state index contributed by atoms with van der Waals surface area (Å²) in [5.74, 6) is 0.452. The number of aryl methyl sites for hydroxylation is 2. The van der Waals surface area contributed by atoms with E-state index in [-0.39, 0.29) is 12.6 Å². The Labute approximate surface area is 185 Å². The standard InChI is InChI=1S/C28H30O3/c1-5-6-25-15-16-26(19-27(25)30-17-18-31-28(29)20(2)3)24-13-11-23(12-14-24)22-9-7-21(4)8-10-22/h7-16,19H,2,5-6,17-18H2,1,3-4H3. The highest BCUT2D eigenvalue weighted by Gasteiger charge is 2.09. The van der Waals surface area contributed by atoms with Crippen LogP contribution in [0.3, 0.4) is 0 Å². The molecule has 0 amide bonds. The van der Waals surface area contributed by atoms with E-state index in [0.29, 0.717) is 12.2 Å². The summed E-state index contributed by atoms with van der Waals surface area (Å²) in [6.07, 6.45) is 1.97. The normalized spacial score (nSPS) is 10.5. The van der Waals surface area contributed by atoms with Crippen LogP contribution in [0.25, 0.3) is 22.3 Å². The third-order valence-corrected chi connectivity index (χ3v) is 5.11. The fourth-order valence-corrected chi connectivity index (χ4v) is 3.35. The first-order valence-electron chi connectivity index (χ1n) is 10.7. The number of carbonyl (C=O) groups excluding carboxylic acids is 1. The summed E-state index contributed by atoms with van der Waals surface area (Å²) < 4.78 is 11.1. The van der Waals surface area contributed by atoms with Crippen molar-refractivity contribution < 1.29 is 14.3 Å². The van der Waals surface area contributed by atoms with Gasteiger partial charge in [-0.2, -0.15) is 0 Å². The Morgan fingerprint density at radius 1 is 0.839 bits per heavy atom. The second kappa shape index (κ2) is 10.6. The largest absolute Gasteiger partial charge is 0.490 e. The number of rotatable bonds is 9. The molecule has 3 nitrogen and oxygen atoms in total. The van der Waals surface area contributed by atoms with E-state index in [4.69, 9.17) is 9.47 Å². The van der Waals surface area contributed by atoms with Gasteiger partial charge in [-0.05, 0) is 54.2 Å². The molecule has 0 aliphatic carbocycles. The van der Waals surface area contributed by atoms with Crippen LogP contribution < -0.4 is 4.74 Å². The molecule has 0 unspecified atom stereocenters. The van der Waals surface area contributed by atoms with Crippen molar-refractivity contribution in [3.8, 4) is 28.0 Å². The van der Waals surface area contributed by atoms with Crippen molar-refractivity contribution >= 4 is 5.97 Å².